The van der Waals surface area contributed by atoms with E-state index in [4.69, 9.17) is 15.2 Å². The van der Waals surface area contributed by atoms with Gasteiger partial charge in [0.05, 0.1) is 20.3 Å². The molecule has 1 heterocycles. The first-order valence-corrected chi connectivity index (χ1v) is 7.42. The van der Waals surface area contributed by atoms with Crippen molar-refractivity contribution in [3.05, 3.63) is 23.8 Å². The number of hydrogen-bond donors (Lipinski definition) is 1. The lowest BCUT2D eigenvalue weighted by atomic mass is 9.96. The molecule has 0 amide bonds. The minimum Gasteiger partial charge on any atom is -0.497 e. The van der Waals surface area contributed by atoms with Gasteiger partial charge in [0.1, 0.15) is 11.5 Å². The highest BCUT2D eigenvalue weighted by Gasteiger charge is 2.28. The summed E-state index contributed by atoms with van der Waals surface area (Å²) in [5.41, 5.74) is 7.63. The van der Waals surface area contributed by atoms with E-state index >= 15 is 0 Å². The van der Waals surface area contributed by atoms with Crippen LogP contribution in [0.25, 0.3) is 0 Å². The highest BCUT2D eigenvalue weighted by molar-refractivity contribution is 5.40. The van der Waals surface area contributed by atoms with Crippen LogP contribution in [0.5, 0.6) is 11.5 Å². The molecule has 1 aliphatic heterocycles. The first-order chi connectivity index (χ1) is 9.69. The first kappa shape index (κ1) is 15.1. The van der Waals surface area contributed by atoms with Crippen LogP contribution in [0.1, 0.15) is 37.8 Å². The summed E-state index contributed by atoms with van der Waals surface area (Å²) in [7, 11) is 3.37. The summed E-state index contributed by atoms with van der Waals surface area (Å²) in [5, 5.41) is 0. The second-order valence-corrected chi connectivity index (χ2v) is 5.38. The van der Waals surface area contributed by atoms with E-state index in [9.17, 15) is 0 Å². The molecule has 2 atom stereocenters. The van der Waals surface area contributed by atoms with E-state index < -0.39 is 0 Å². The van der Waals surface area contributed by atoms with E-state index in [-0.39, 0.29) is 12.1 Å². The predicted octanol–water partition coefficient (Wildman–Crippen LogP) is 2.58. The van der Waals surface area contributed by atoms with Gasteiger partial charge in [0.25, 0.3) is 0 Å². The summed E-state index contributed by atoms with van der Waals surface area (Å²) in [6.07, 6.45) is 3.50. The summed E-state index contributed by atoms with van der Waals surface area (Å²) < 4.78 is 10.8. The molecule has 0 aromatic heterocycles. The van der Waals surface area contributed by atoms with Crippen LogP contribution in [0.2, 0.25) is 0 Å². The Morgan fingerprint density at radius 1 is 1.15 bits per heavy atom. The third kappa shape index (κ3) is 3.25. The quantitative estimate of drug-likeness (QED) is 0.919. The molecule has 1 aromatic carbocycles. The number of likely N-dealkylation sites (N-methyl/N-ethyl adjacent to an activating group) is 1. The number of nitrogens with two attached hydrogens (primary N) is 1. The number of rotatable bonds is 4. The van der Waals surface area contributed by atoms with Crippen molar-refractivity contribution in [1.82, 2.24) is 4.90 Å². The molecule has 1 aromatic rings. The number of ether oxygens (including phenoxy) is 2. The Bertz CT molecular complexity index is 414. The number of likely N-dealkylation sites (tertiary alicyclic amines) is 1. The Balaban J connectivity index is 2.39. The number of methoxy groups -OCH3 is 2. The Morgan fingerprint density at radius 3 is 2.35 bits per heavy atom. The fraction of sp³-hybridized carbons (Fsp3) is 0.625. The van der Waals surface area contributed by atoms with Gasteiger partial charge in [0.15, 0.2) is 0 Å². The maximum absolute atomic E-state index is 6.44. The minimum absolute atomic E-state index is 0.161. The van der Waals surface area contributed by atoms with Crippen molar-refractivity contribution in [2.75, 3.05) is 27.3 Å². The van der Waals surface area contributed by atoms with E-state index in [1.807, 2.05) is 6.07 Å². The molecule has 1 fully saturated rings. The zero-order valence-electron chi connectivity index (χ0n) is 12.8. The van der Waals surface area contributed by atoms with Gasteiger partial charge >= 0.3 is 0 Å². The van der Waals surface area contributed by atoms with Crippen molar-refractivity contribution in [2.24, 2.45) is 5.73 Å². The standard InChI is InChI=1S/C16H26N2O2/c1-4-18-8-6-5-7-15(17)16(18)12-9-13(19-2)11-14(10-12)20-3/h9-11,15-16H,4-8,17H2,1-3H3. The third-order valence-corrected chi connectivity index (χ3v) is 4.15. The van der Waals surface area contributed by atoms with Gasteiger partial charge in [-0.15, -0.1) is 0 Å². The highest BCUT2D eigenvalue weighted by atomic mass is 16.5. The zero-order chi connectivity index (χ0) is 14.5. The summed E-state index contributed by atoms with van der Waals surface area (Å²) in [5.74, 6) is 1.65. The summed E-state index contributed by atoms with van der Waals surface area (Å²) >= 11 is 0. The van der Waals surface area contributed by atoms with Crippen molar-refractivity contribution in [2.45, 2.75) is 38.3 Å². The zero-order valence-corrected chi connectivity index (χ0v) is 12.8. The largest absolute Gasteiger partial charge is 0.497 e. The topological polar surface area (TPSA) is 47.7 Å². The molecule has 2 rings (SSSR count). The maximum atomic E-state index is 6.44. The summed E-state index contributed by atoms with van der Waals surface area (Å²) in [6.45, 7) is 4.31. The Labute approximate surface area is 121 Å². The fourth-order valence-electron chi connectivity index (χ4n) is 3.08. The van der Waals surface area contributed by atoms with Crippen molar-refractivity contribution in [1.29, 1.82) is 0 Å². The summed E-state index contributed by atoms with van der Waals surface area (Å²) in [4.78, 5) is 2.46. The van der Waals surface area contributed by atoms with E-state index in [0.717, 1.165) is 31.0 Å². The average molecular weight is 278 g/mol. The fourth-order valence-corrected chi connectivity index (χ4v) is 3.08. The van der Waals surface area contributed by atoms with Crippen LogP contribution in [0.4, 0.5) is 0 Å². The molecule has 0 aliphatic carbocycles. The van der Waals surface area contributed by atoms with Crippen LogP contribution in [-0.2, 0) is 0 Å². The molecule has 4 heteroatoms. The Kier molecular flexibility index (Phi) is 5.26. The van der Waals surface area contributed by atoms with Gasteiger partial charge in [-0.3, -0.25) is 4.90 Å². The maximum Gasteiger partial charge on any atom is 0.122 e. The second-order valence-electron chi connectivity index (χ2n) is 5.38. The monoisotopic (exact) mass is 278 g/mol. The second kappa shape index (κ2) is 6.95. The van der Waals surface area contributed by atoms with Crippen LogP contribution >= 0.6 is 0 Å². The van der Waals surface area contributed by atoms with Gasteiger partial charge in [-0.05, 0) is 43.6 Å². The smallest absolute Gasteiger partial charge is 0.122 e. The van der Waals surface area contributed by atoms with Crippen LogP contribution in [0, 0.1) is 0 Å². The molecule has 0 radical (unpaired) electrons. The van der Waals surface area contributed by atoms with Crippen LogP contribution in [0.3, 0.4) is 0 Å². The molecular weight excluding hydrogens is 252 g/mol. The van der Waals surface area contributed by atoms with Gasteiger partial charge in [-0.1, -0.05) is 13.3 Å². The summed E-state index contributed by atoms with van der Waals surface area (Å²) in [6, 6.07) is 6.48. The minimum atomic E-state index is 0.161. The molecule has 1 saturated heterocycles. The van der Waals surface area contributed by atoms with Crippen molar-refractivity contribution >= 4 is 0 Å². The van der Waals surface area contributed by atoms with Crippen LogP contribution in [0.15, 0.2) is 18.2 Å². The van der Waals surface area contributed by atoms with Gasteiger partial charge in [0, 0.05) is 12.1 Å². The highest BCUT2D eigenvalue weighted by Crippen LogP contribution is 2.33. The molecule has 2 N–H and O–H groups in total. The Morgan fingerprint density at radius 2 is 1.80 bits per heavy atom. The van der Waals surface area contributed by atoms with Crippen LogP contribution < -0.4 is 15.2 Å². The van der Waals surface area contributed by atoms with Crippen molar-refractivity contribution in [3.8, 4) is 11.5 Å². The average Bonchev–Trinajstić information content (AvgIpc) is 2.67. The van der Waals surface area contributed by atoms with Gasteiger partial charge in [-0.25, -0.2) is 0 Å². The van der Waals surface area contributed by atoms with E-state index in [2.05, 4.69) is 24.0 Å². The lowest BCUT2D eigenvalue weighted by Crippen LogP contribution is -2.39. The third-order valence-electron chi connectivity index (χ3n) is 4.15. The van der Waals surface area contributed by atoms with E-state index in [1.165, 1.54) is 18.4 Å². The number of nitrogens with zero attached hydrogens (tertiary/aromatic N) is 1. The molecule has 0 bridgehead atoms. The SMILES string of the molecule is CCN1CCCCC(N)C1c1cc(OC)cc(OC)c1. The molecule has 112 valence electrons. The molecule has 20 heavy (non-hydrogen) atoms. The van der Waals surface area contributed by atoms with Crippen molar-refractivity contribution < 1.29 is 9.47 Å². The number of hydrogen-bond acceptors (Lipinski definition) is 4. The van der Waals surface area contributed by atoms with Gasteiger partial charge < -0.3 is 15.2 Å². The molecule has 1 aliphatic rings. The molecule has 4 nitrogen and oxygen atoms in total. The van der Waals surface area contributed by atoms with Crippen LogP contribution in [-0.4, -0.2) is 38.3 Å². The first-order valence-electron chi connectivity index (χ1n) is 7.42. The predicted molar refractivity (Wildman–Crippen MR) is 81.4 cm³/mol. The normalized spacial score (nSPS) is 24.2. The molecular formula is C16H26N2O2. The van der Waals surface area contributed by atoms with E-state index in [0.29, 0.717) is 0 Å². The van der Waals surface area contributed by atoms with Gasteiger partial charge in [0.2, 0.25) is 0 Å². The van der Waals surface area contributed by atoms with Crippen molar-refractivity contribution in [3.63, 3.8) is 0 Å². The molecule has 0 spiro atoms. The lowest BCUT2D eigenvalue weighted by molar-refractivity contribution is 0.194. The Hall–Kier alpha value is -1.26. The molecule has 2 unspecified atom stereocenters. The van der Waals surface area contributed by atoms with Gasteiger partial charge in [-0.2, -0.15) is 0 Å². The van der Waals surface area contributed by atoms with E-state index in [1.54, 1.807) is 14.2 Å². The number of benzene rings is 1. The molecule has 0 saturated carbocycles. The lowest BCUT2D eigenvalue weighted by Gasteiger charge is -2.33.